The number of amides is 2. The van der Waals surface area contributed by atoms with Crippen LogP contribution < -0.4 is 15.8 Å². The number of piperidine rings is 1. The predicted molar refractivity (Wildman–Crippen MR) is 128 cm³/mol. The minimum absolute atomic E-state index is 0.0181. The number of ether oxygens (including phenoxy) is 1. The van der Waals surface area contributed by atoms with Crippen LogP contribution >= 0.6 is 0 Å². The lowest BCUT2D eigenvalue weighted by Gasteiger charge is -2.41. The molecule has 3 aromatic rings. The summed E-state index contributed by atoms with van der Waals surface area (Å²) in [5.41, 5.74) is 0.121. The van der Waals surface area contributed by atoms with Crippen molar-refractivity contribution in [2.24, 2.45) is 7.05 Å². The van der Waals surface area contributed by atoms with E-state index in [-0.39, 0.29) is 12.1 Å². The van der Waals surface area contributed by atoms with E-state index in [1.807, 2.05) is 13.0 Å². The fraction of sp³-hybridized carbons (Fsp3) is 0.478. The van der Waals surface area contributed by atoms with Crippen LogP contribution in [0.5, 0.6) is 0 Å². The average molecular weight is 508 g/mol. The summed E-state index contributed by atoms with van der Waals surface area (Å²) in [6.07, 6.45) is -1.03. The quantitative estimate of drug-likeness (QED) is 0.549. The Morgan fingerprint density at radius 3 is 2.78 bits per heavy atom. The molecule has 0 unspecified atom stereocenters. The molecule has 3 aromatic heterocycles. The number of H-pyrrole nitrogens is 1. The van der Waals surface area contributed by atoms with E-state index < -0.39 is 29.0 Å². The highest BCUT2D eigenvalue weighted by atomic mass is 19.4. The van der Waals surface area contributed by atoms with E-state index in [1.165, 1.54) is 11.9 Å². The number of urea groups is 1. The molecule has 0 radical (unpaired) electrons. The zero-order valence-electron chi connectivity index (χ0n) is 20.4. The van der Waals surface area contributed by atoms with Gasteiger partial charge in [0.2, 0.25) is 0 Å². The predicted octanol–water partition coefficient (Wildman–Crippen LogP) is 3.34. The van der Waals surface area contributed by atoms with Gasteiger partial charge < -0.3 is 29.4 Å². The van der Waals surface area contributed by atoms with Crippen molar-refractivity contribution in [2.75, 3.05) is 30.9 Å². The van der Waals surface area contributed by atoms with Crippen molar-refractivity contribution in [3.8, 4) is 0 Å². The fourth-order valence-corrected chi connectivity index (χ4v) is 4.48. The number of rotatable bonds is 5. The number of carbonyl (C=O) groups is 1. The maximum Gasteiger partial charge on any atom is 0.417 e. The van der Waals surface area contributed by atoms with Gasteiger partial charge in [-0.2, -0.15) is 13.2 Å². The lowest BCUT2D eigenvalue weighted by atomic mass is 9.97. The summed E-state index contributed by atoms with van der Waals surface area (Å²) in [5, 5.41) is 2.36. The van der Waals surface area contributed by atoms with Crippen LogP contribution in [0, 0.1) is 0 Å². The molecular weight excluding hydrogens is 479 g/mol. The van der Waals surface area contributed by atoms with Gasteiger partial charge in [-0.15, -0.1) is 0 Å². The molecule has 2 N–H and O–H groups in total. The van der Waals surface area contributed by atoms with E-state index in [2.05, 4.69) is 20.2 Å². The molecule has 4 heterocycles. The molecule has 13 heteroatoms. The summed E-state index contributed by atoms with van der Waals surface area (Å²) in [6, 6.07) is 1.75. The largest absolute Gasteiger partial charge is 0.417 e. The lowest BCUT2D eigenvalue weighted by Crippen LogP contribution is -2.51. The maximum absolute atomic E-state index is 13.1. The van der Waals surface area contributed by atoms with Gasteiger partial charge in [-0.3, -0.25) is 4.79 Å². The molecule has 2 atom stereocenters. The fourth-order valence-electron chi connectivity index (χ4n) is 4.48. The molecule has 0 aliphatic carbocycles. The highest BCUT2D eigenvalue weighted by Crippen LogP contribution is 2.30. The Balaban J connectivity index is 1.44. The molecule has 1 fully saturated rings. The van der Waals surface area contributed by atoms with Crippen LogP contribution in [-0.2, 0) is 24.6 Å². The molecule has 194 valence electrons. The van der Waals surface area contributed by atoms with E-state index in [1.54, 1.807) is 20.4 Å². The van der Waals surface area contributed by atoms with Gasteiger partial charge >= 0.3 is 12.2 Å². The van der Waals surface area contributed by atoms with Gasteiger partial charge in [-0.25, -0.2) is 14.8 Å². The first-order valence-electron chi connectivity index (χ1n) is 11.4. The van der Waals surface area contributed by atoms with Crippen molar-refractivity contribution in [1.82, 2.24) is 24.4 Å². The normalized spacial score (nSPS) is 18.5. The number of hydrogen-bond donors (Lipinski definition) is 2. The third-order valence-electron chi connectivity index (χ3n) is 6.44. The van der Waals surface area contributed by atoms with Crippen molar-refractivity contribution >= 4 is 28.7 Å². The molecule has 2 amide bonds. The number of halogens is 3. The molecule has 0 aromatic carbocycles. The van der Waals surface area contributed by atoms with E-state index in [0.717, 1.165) is 21.6 Å². The Morgan fingerprint density at radius 2 is 2.11 bits per heavy atom. The number of aromatic nitrogens is 4. The Hall–Kier alpha value is -3.61. The standard InChI is InChI=1S/C23H28F3N7O3/c1-13-7-16(5-6-33(13)19-10-27-20-17(29-19)9-15(28-20)12-36-4)32(3)22(35)30-18-8-14(23(24,25)26)11-31(2)21(18)34/h8-11,13,16H,5-7,12H2,1-4H3,(H,27,28)(H,30,35)/t13-,16-/m0/s1. The maximum atomic E-state index is 13.1. The number of nitrogens with one attached hydrogen (secondary N) is 2. The molecule has 0 spiro atoms. The third kappa shape index (κ3) is 5.15. The number of carbonyl (C=O) groups excluding carboxylic acids is 1. The van der Waals surface area contributed by atoms with Gasteiger partial charge in [-0.1, -0.05) is 0 Å². The van der Waals surface area contributed by atoms with Crippen molar-refractivity contribution in [1.29, 1.82) is 0 Å². The van der Waals surface area contributed by atoms with Gasteiger partial charge in [0, 0.05) is 51.7 Å². The van der Waals surface area contributed by atoms with E-state index in [0.29, 0.717) is 43.9 Å². The zero-order chi connectivity index (χ0) is 26.2. The van der Waals surface area contributed by atoms with Crippen LogP contribution in [0.15, 0.2) is 29.3 Å². The lowest BCUT2D eigenvalue weighted by molar-refractivity contribution is -0.138. The molecular formula is C23H28F3N7O3. The second-order valence-electron chi connectivity index (χ2n) is 9.01. The molecule has 0 saturated carbocycles. The number of fused-ring (bicyclic) bond motifs is 1. The van der Waals surface area contributed by atoms with Gasteiger partial charge in [0.1, 0.15) is 17.0 Å². The zero-order valence-corrected chi connectivity index (χ0v) is 20.4. The first kappa shape index (κ1) is 25.5. The summed E-state index contributed by atoms with van der Waals surface area (Å²) < 4.78 is 45.4. The molecule has 1 saturated heterocycles. The minimum atomic E-state index is -4.64. The second kappa shape index (κ2) is 9.80. The van der Waals surface area contributed by atoms with Gasteiger partial charge in [-0.05, 0) is 31.9 Å². The number of aryl methyl sites for hydroxylation is 1. The second-order valence-corrected chi connectivity index (χ2v) is 9.01. The third-order valence-corrected chi connectivity index (χ3v) is 6.44. The molecule has 36 heavy (non-hydrogen) atoms. The van der Waals surface area contributed by atoms with Crippen molar-refractivity contribution in [3.05, 3.63) is 46.1 Å². The van der Waals surface area contributed by atoms with Crippen molar-refractivity contribution < 1.29 is 22.7 Å². The summed E-state index contributed by atoms with van der Waals surface area (Å²) in [4.78, 5) is 41.0. The Bertz CT molecular complexity index is 1320. The number of pyridine rings is 1. The van der Waals surface area contributed by atoms with Crippen LogP contribution in [-0.4, -0.2) is 63.2 Å². The SMILES string of the molecule is COCc1cc2nc(N3CC[C@H](N(C)C(=O)Nc4cc(C(F)(F)F)cn(C)c4=O)C[C@@H]3C)cnc2[nH]1. The summed E-state index contributed by atoms with van der Waals surface area (Å²) in [7, 11) is 4.39. The van der Waals surface area contributed by atoms with Crippen LogP contribution in [0.25, 0.3) is 11.2 Å². The van der Waals surface area contributed by atoms with Crippen LogP contribution in [0.1, 0.15) is 31.0 Å². The van der Waals surface area contributed by atoms with Crippen LogP contribution in [0.4, 0.5) is 29.5 Å². The molecule has 4 rings (SSSR count). The number of methoxy groups -OCH3 is 1. The number of aromatic amines is 1. The monoisotopic (exact) mass is 507 g/mol. The average Bonchev–Trinajstić information content (AvgIpc) is 3.22. The van der Waals surface area contributed by atoms with Crippen LogP contribution in [0.2, 0.25) is 0 Å². The first-order chi connectivity index (χ1) is 17.0. The summed E-state index contributed by atoms with van der Waals surface area (Å²) in [6.45, 7) is 3.04. The Labute approximate surface area is 205 Å². The summed E-state index contributed by atoms with van der Waals surface area (Å²) >= 11 is 0. The van der Waals surface area contributed by atoms with Crippen molar-refractivity contribution in [3.63, 3.8) is 0 Å². The molecule has 1 aliphatic heterocycles. The minimum Gasteiger partial charge on any atom is -0.378 e. The van der Waals surface area contributed by atoms with Gasteiger partial charge in [0.25, 0.3) is 5.56 Å². The summed E-state index contributed by atoms with van der Waals surface area (Å²) in [5.74, 6) is 0.719. The Morgan fingerprint density at radius 1 is 1.36 bits per heavy atom. The number of anilines is 2. The van der Waals surface area contributed by atoms with Crippen LogP contribution in [0.3, 0.4) is 0 Å². The highest BCUT2D eigenvalue weighted by Gasteiger charge is 2.34. The van der Waals surface area contributed by atoms with E-state index in [4.69, 9.17) is 9.72 Å². The highest BCUT2D eigenvalue weighted by molar-refractivity contribution is 5.89. The number of alkyl halides is 3. The smallest absolute Gasteiger partial charge is 0.378 e. The van der Waals surface area contributed by atoms with E-state index in [9.17, 15) is 22.8 Å². The van der Waals surface area contributed by atoms with Crippen molar-refractivity contribution in [2.45, 2.75) is 44.6 Å². The topological polar surface area (TPSA) is 108 Å². The first-order valence-corrected chi connectivity index (χ1v) is 11.4. The van der Waals surface area contributed by atoms with E-state index >= 15 is 0 Å². The molecule has 1 aliphatic rings. The number of nitrogens with zero attached hydrogens (tertiary/aromatic N) is 5. The molecule has 10 nitrogen and oxygen atoms in total. The Kier molecular flexibility index (Phi) is 6.94. The van der Waals surface area contributed by atoms with Gasteiger partial charge in [0.05, 0.1) is 18.4 Å². The molecule has 0 bridgehead atoms. The van der Waals surface area contributed by atoms with Gasteiger partial charge in [0.15, 0.2) is 5.65 Å². The number of hydrogen-bond acceptors (Lipinski definition) is 6.